The second kappa shape index (κ2) is 6.88. The highest BCUT2D eigenvalue weighted by Gasteiger charge is 2.34. The van der Waals surface area contributed by atoms with Crippen molar-refractivity contribution in [1.82, 2.24) is 15.5 Å². The molecular formula is C12H19N3O5. The maximum atomic E-state index is 12.0. The normalized spacial score (nSPS) is 20.3. The van der Waals surface area contributed by atoms with Crippen LogP contribution < -0.4 is 10.6 Å². The number of piperazine rings is 1. The van der Waals surface area contributed by atoms with E-state index in [1.807, 2.05) is 6.92 Å². The third-order valence-electron chi connectivity index (χ3n) is 3.13. The molecular weight excluding hydrogens is 266 g/mol. The van der Waals surface area contributed by atoms with Crippen LogP contribution >= 0.6 is 0 Å². The van der Waals surface area contributed by atoms with Crippen molar-refractivity contribution in [3.63, 3.8) is 0 Å². The minimum Gasteiger partial charge on any atom is -0.480 e. The number of carbonyl (C=O) groups excluding carboxylic acids is 3. The molecule has 1 aliphatic rings. The van der Waals surface area contributed by atoms with Gasteiger partial charge in [0, 0.05) is 0 Å². The molecule has 112 valence electrons. The molecule has 0 aliphatic carbocycles. The summed E-state index contributed by atoms with van der Waals surface area (Å²) in [6.45, 7) is 3.12. The van der Waals surface area contributed by atoms with Crippen LogP contribution in [0.4, 0.5) is 4.79 Å². The van der Waals surface area contributed by atoms with E-state index >= 15 is 0 Å². The number of carboxylic acids is 1. The van der Waals surface area contributed by atoms with Gasteiger partial charge in [0.15, 0.2) is 0 Å². The molecule has 8 heteroatoms. The van der Waals surface area contributed by atoms with Gasteiger partial charge in [-0.3, -0.25) is 14.9 Å². The molecule has 3 N–H and O–H groups in total. The number of nitrogens with zero attached hydrogens (tertiary/aromatic N) is 1. The zero-order valence-corrected chi connectivity index (χ0v) is 11.5. The van der Waals surface area contributed by atoms with Gasteiger partial charge < -0.3 is 15.3 Å². The van der Waals surface area contributed by atoms with Gasteiger partial charge in [0.1, 0.15) is 18.6 Å². The number of rotatable bonds is 5. The molecule has 0 saturated carbocycles. The minimum absolute atomic E-state index is 0.265. The van der Waals surface area contributed by atoms with Crippen LogP contribution in [-0.2, 0) is 14.4 Å². The minimum atomic E-state index is -1.13. The van der Waals surface area contributed by atoms with Crippen LogP contribution in [0.25, 0.3) is 0 Å². The Bertz CT molecular complexity index is 423. The molecule has 1 rings (SSSR count). The molecule has 1 aliphatic heterocycles. The van der Waals surface area contributed by atoms with Gasteiger partial charge in [-0.05, 0) is 13.3 Å². The number of nitrogens with one attached hydrogen (secondary N) is 2. The zero-order chi connectivity index (χ0) is 15.3. The van der Waals surface area contributed by atoms with E-state index in [0.717, 1.165) is 11.3 Å². The number of carbonyl (C=O) groups is 4. The van der Waals surface area contributed by atoms with Crippen LogP contribution in [0.5, 0.6) is 0 Å². The van der Waals surface area contributed by atoms with Crippen LogP contribution in [0.1, 0.15) is 33.1 Å². The molecule has 0 aromatic heterocycles. The van der Waals surface area contributed by atoms with Crippen LogP contribution in [0, 0.1) is 0 Å². The Hall–Kier alpha value is -2.12. The molecule has 0 aromatic carbocycles. The standard InChI is InChI=1S/C12H19N3O5/c1-3-4-5-8(11(18)19)13-12(20)15-6-9(16)14-10(17)7(15)2/h7-8H,3-6H2,1-2H3,(H,13,20)(H,18,19)(H,14,16,17)/t7?,8-/m0/s1. The van der Waals surface area contributed by atoms with E-state index in [0.29, 0.717) is 12.8 Å². The second-order valence-electron chi connectivity index (χ2n) is 4.70. The number of unbranched alkanes of at least 4 members (excludes halogenated alkanes) is 1. The van der Waals surface area contributed by atoms with Crippen molar-refractivity contribution in [3.8, 4) is 0 Å². The van der Waals surface area contributed by atoms with Crippen LogP contribution in [0.3, 0.4) is 0 Å². The summed E-state index contributed by atoms with van der Waals surface area (Å²) < 4.78 is 0. The zero-order valence-electron chi connectivity index (χ0n) is 11.5. The Labute approximate surface area is 116 Å². The fourth-order valence-corrected chi connectivity index (χ4v) is 1.86. The monoisotopic (exact) mass is 285 g/mol. The average molecular weight is 285 g/mol. The van der Waals surface area contributed by atoms with Crippen molar-refractivity contribution in [1.29, 1.82) is 0 Å². The summed E-state index contributed by atoms with van der Waals surface area (Å²) in [5.74, 6) is -2.28. The van der Waals surface area contributed by atoms with Crippen molar-refractivity contribution in [2.45, 2.75) is 45.2 Å². The number of carboxylic acid groups (broad SMARTS) is 1. The Morgan fingerprint density at radius 3 is 2.70 bits per heavy atom. The number of hydrogen-bond acceptors (Lipinski definition) is 4. The van der Waals surface area contributed by atoms with Gasteiger partial charge in [0.2, 0.25) is 11.8 Å². The van der Waals surface area contributed by atoms with Crippen molar-refractivity contribution in [2.24, 2.45) is 0 Å². The number of amides is 4. The number of imide groups is 1. The lowest BCUT2D eigenvalue weighted by atomic mass is 10.1. The van der Waals surface area contributed by atoms with Crippen LogP contribution in [0.15, 0.2) is 0 Å². The SMILES string of the molecule is CCCC[C@H](NC(=O)N1CC(=O)NC(=O)C1C)C(=O)O. The van der Waals surface area contributed by atoms with Gasteiger partial charge in [-0.25, -0.2) is 9.59 Å². The third kappa shape index (κ3) is 3.94. The number of urea groups is 1. The first kappa shape index (κ1) is 15.9. The Kier molecular flexibility index (Phi) is 5.48. The fraction of sp³-hybridized carbons (Fsp3) is 0.667. The van der Waals surface area contributed by atoms with Crippen LogP contribution in [0.2, 0.25) is 0 Å². The molecule has 1 heterocycles. The van der Waals surface area contributed by atoms with E-state index in [1.165, 1.54) is 6.92 Å². The van der Waals surface area contributed by atoms with Gasteiger partial charge in [-0.15, -0.1) is 0 Å². The van der Waals surface area contributed by atoms with E-state index in [9.17, 15) is 19.2 Å². The van der Waals surface area contributed by atoms with Crippen molar-refractivity contribution in [3.05, 3.63) is 0 Å². The third-order valence-corrected chi connectivity index (χ3v) is 3.13. The first-order chi connectivity index (χ1) is 9.36. The lowest BCUT2D eigenvalue weighted by molar-refractivity contribution is -0.139. The summed E-state index contributed by atoms with van der Waals surface area (Å²) in [4.78, 5) is 46.8. The smallest absolute Gasteiger partial charge is 0.326 e. The second-order valence-corrected chi connectivity index (χ2v) is 4.70. The van der Waals surface area contributed by atoms with Gasteiger partial charge in [0.05, 0.1) is 0 Å². The van der Waals surface area contributed by atoms with E-state index in [1.54, 1.807) is 0 Å². The van der Waals surface area contributed by atoms with Crippen molar-refractivity contribution < 1.29 is 24.3 Å². The quantitative estimate of drug-likeness (QED) is 0.599. The van der Waals surface area contributed by atoms with Gasteiger partial charge in [-0.1, -0.05) is 19.8 Å². The molecule has 0 radical (unpaired) electrons. The number of aliphatic carboxylic acids is 1. The molecule has 1 unspecified atom stereocenters. The first-order valence-corrected chi connectivity index (χ1v) is 6.50. The molecule has 20 heavy (non-hydrogen) atoms. The predicted octanol–water partition coefficient (Wildman–Crippen LogP) is -0.314. The molecule has 4 amide bonds. The molecule has 2 atom stereocenters. The Balaban J connectivity index is 2.69. The molecule has 0 aromatic rings. The topological polar surface area (TPSA) is 116 Å². The summed E-state index contributed by atoms with van der Waals surface area (Å²) in [6.07, 6.45) is 1.77. The highest BCUT2D eigenvalue weighted by Crippen LogP contribution is 2.07. The van der Waals surface area contributed by atoms with E-state index in [-0.39, 0.29) is 6.54 Å². The van der Waals surface area contributed by atoms with Crippen molar-refractivity contribution >= 4 is 23.8 Å². The van der Waals surface area contributed by atoms with Gasteiger partial charge in [0.25, 0.3) is 0 Å². The maximum Gasteiger partial charge on any atom is 0.326 e. The summed E-state index contributed by atoms with van der Waals surface area (Å²) in [5.41, 5.74) is 0. The Morgan fingerprint density at radius 2 is 2.15 bits per heavy atom. The largest absolute Gasteiger partial charge is 0.480 e. The lowest BCUT2D eigenvalue weighted by Crippen LogP contribution is -2.61. The first-order valence-electron chi connectivity index (χ1n) is 6.50. The summed E-state index contributed by atoms with van der Waals surface area (Å²) in [5, 5.41) is 13.5. The predicted molar refractivity (Wildman–Crippen MR) is 68.8 cm³/mol. The highest BCUT2D eigenvalue weighted by atomic mass is 16.4. The van der Waals surface area contributed by atoms with Crippen LogP contribution in [-0.4, -0.2) is 52.4 Å². The number of hydrogen-bond donors (Lipinski definition) is 3. The van der Waals surface area contributed by atoms with Gasteiger partial charge in [-0.2, -0.15) is 0 Å². The van der Waals surface area contributed by atoms with E-state index in [2.05, 4.69) is 10.6 Å². The van der Waals surface area contributed by atoms with E-state index < -0.39 is 35.9 Å². The molecule has 1 fully saturated rings. The summed E-state index contributed by atoms with van der Waals surface area (Å²) in [6, 6.07) is -2.55. The van der Waals surface area contributed by atoms with Gasteiger partial charge >= 0.3 is 12.0 Å². The highest BCUT2D eigenvalue weighted by molar-refractivity contribution is 6.04. The molecule has 0 bridgehead atoms. The summed E-state index contributed by atoms with van der Waals surface area (Å²) in [7, 11) is 0. The summed E-state index contributed by atoms with van der Waals surface area (Å²) >= 11 is 0. The molecule has 0 spiro atoms. The van der Waals surface area contributed by atoms with E-state index in [4.69, 9.17) is 5.11 Å². The average Bonchev–Trinajstić information content (AvgIpc) is 2.38. The van der Waals surface area contributed by atoms with Crippen molar-refractivity contribution in [2.75, 3.05) is 6.54 Å². The molecule has 1 saturated heterocycles. The maximum absolute atomic E-state index is 12.0. The lowest BCUT2D eigenvalue weighted by Gasteiger charge is -2.32. The fourth-order valence-electron chi connectivity index (χ4n) is 1.86. The Morgan fingerprint density at radius 1 is 1.50 bits per heavy atom. The molecule has 8 nitrogen and oxygen atoms in total.